The van der Waals surface area contributed by atoms with E-state index in [4.69, 9.17) is 10.2 Å². The molecule has 3 aromatic rings. The van der Waals surface area contributed by atoms with Gasteiger partial charge in [0, 0.05) is 0 Å². The second kappa shape index (κ2) is 4.31. The minimum atomic E-state index is -0.380. The van der Waals surface area contributed by atoms with Crippen LogP contribution in [0.2, 0.25) is 0 Å². The van der Waals surface area contributed by atoms with Crippen molar-refractivity contribution < 1.29 is 4.42 Å². The number of rotatable bonds is 2. The Morgan fingerprint density at radius 1 is 1.21 bits per heavy atom. The van der Waals surface area contributed by atoms with Crippen molar-refractivity contribution in [1.29, 1.82) is 0 Å². The molecule has 0 atom stereocenters. The van der Waals surface area contributed by atoms with Gasteiger partial charge in [0.05, 0.1) is 12.2 Å². The predicted octanol–water partition coefficient (Wildman–Crippen LogP) is 2.53. The number of aromatic nitrogens is 1. The van der Waals surface area contributed by atoms with Crippen LogP contribution in [0.1, 0.15) is 11.1 Å². The quantitative estimate of drug-likeness (QED) is 0.715. The van der Waals surface area contributed by atoms with Gasteiger partial charge >= 0.3 is 5.76 Å². The third kappa shape index (κ3) is 2.01. The first-order valence-electron chi connectivity index (χ1n) is 6.08. The fraction of sp³-hybridized carbons (Fsp3) is 0.133. The molecule has 96 valence electrons. The Bertz CT molecular complexity index is 799. The van der Waals surface area contributed by atoms with Crippen LogP contribution < -0.4 is 11.5 Å². The minimum Gasteiger partial charge on any atom is -0.408 e. The largest absolute Gasteiger partial charge is 0.420 e. The van der Waals surface area contributed by atoms with Gasteiger partial charge in [-0.1, -0.05) is 35.9 Å². The van der Waals surface area contributed by atoms with Crippen molar-refractivity contribution in [3.63, 3.8) is 0 Å². The highest BCUT2D eigenvalue weighted by Crippen LogP contribution is 2.20. The molecule has 0 aliphatic heterocycles. The van der Waals surface area contributed by atoms with Gasteiger partial charge in [0.15, 0.2) is 5.58 Å². The third-order valence-corrected chi connectivity index (χ3v) is 3.14. The summed E-state index contributed by atoms with van der Waals surface area (Å²) in [6, 6.07) is 13.3. The fourth-order valence-corrected chi connectivity index (χ4v) is 2.29. The minimum absolute atomic E-state index is 0.380. The first-order chi connectivity index (χ1) is 9.15. The maximum atomic E-state index is 11.9. The lowest BCUT2D eigenvalue weighted by Gasteiger charge is -2.05. The molecule has 0 aliphatic carbocycles. The Morgan fingerprint density at radius 2 is 2.00 bits per heavy atom. The van der Waals surface area contributed by atoms with Crippen LogP contribution in [0.5, 0.6) is 0 Å². The lowest BCUT2D eigenvalue weighted by atomic mass is 10.1. The third-order valence-electron chi connectivity index (χ3n) is 3.14. The average Bonchev–Trinajstić information content (AvgIpc) is 2.67. The topological polar surface area (TPSA) is 61.2 Å². The number of oxazole rings is 1. The molecule has 19 heavy (non-hydrogen) atoms. The van der Waals surface area contributed by atoms with E-state index in [0.29, 0.717) is 23.3 Å². The lowest BCUT2D eigenvalue weighted by molar-refractivity contribution is 0.517. The van der Waals surface area contributed by atoms with Gasteiger partial charge in [-0.25, -0.2) is 4.79 Å². The highest BCUT2D eigenvalue weighted by Gasteiger charge is 2.11. The number of para-hydroxylation sites is 1. The van der Waals surface area contributed by atoms with Crippen LogP contribution in [-0.4, -0.2) is 4.57 Å². The SMILES string of the molecule is Cc1cccc(Cn2c(=O)oc3cccc(N)c32)c1. The van der Waals surface area contributed by atoms with E-state index in [1.54, 1.807) is 22.8 Å². The summed E-state index contributed by atoms with van der Waals surface area (Å²) in [5.41, 5.74) is 9.88. The van der Waals surface area contributed by atoms with E-state index in [-0.39, 0.29) is 5.76 Å². The maximum absolute atomic E-state index is 11.9. The van der Waals surface area contributed by atoms with Crippen molar-refractivity contribution in [3.8, 4) is 0 Å². The Labute approximate surface area is 110 Å². The summed E-state index contributed by atoms with van der Waals surface area (Å²) < 4.78 is 6.78. The van der Waals surface area contributed by atoms with Gasteiger partial charge in [-0.3, -0.25) is 4.57 Å². The summed E-state index contributed by atoms with van der Waals surface area (Å²) in [5, 5.41) is 0. The van der Waals surface area contributed by atoms with E-state index < -0.39 is 0 Å². The van der Waals surface area contributed by atoms with Gasteiger partial charge in [0.2, 0.25) is 0 Å². The molecular weight excluding hydrogens is 240 g/mol. The zero-order valence-electron chi connectivity index (χ0n) is 10.6. The van der Waals surface area contributed by atoms with Gasteiger partial charge in [0.25, 0.3) is 0 Å². The van der Waals surface area contributed by atoms with Gasteiger partial charge in [0.1, 0.15) is 5.52 Å². The second-order valence-electron chi connectivity index (χ2n) is 4.64. The summed E-state index contributed by atoms with van der Waals surface area (Å²) in [7, 11) is 0. The molecule has 0 spiro atoms. The van der Waals surface area contributed by atoms with Crippen molar-refractivity contribution in [2.45, 2.75) is 13.5 Å². The van der Waals surface area contributed by atoms with Crippen molar-refractivity contribution in [2.75, 3.05) is 5.73 Å². The Kier molecular flexibility index (Phi) is 2.63. The molecule has 0 unspecified atom stereocenters. The van der Waals surface area contributed by atoms with Gasteiger partial charge in [-0.15, -0.1) is 0 Å². The molecule has 4 heteroatoms. The monoisotopic (exact) mass is 254 g/mol. The molecule has 4 nitrogen and oxygen atoms in total. The fourth-order valence-electron chi connectivity index (χ4n) is 2.29. The molecule has 0 saturated carbocycles. The van der Waals surface area contributed by atoms with Crippen molar-refractivity contribution in [3.05, 3.63) is 64.1 Å². The summed E-state index contributed by atoms with van der Waals surface area (Å²) in [5.74, 6) is -0.380. The summed E-state index contributed by atoms with van der Waals surface area (Å²) in [6.07, 6.45) is 0. The predicted molar refractivity (Wildman–Crippen MR) is 75.2 cm³/mol. The van der Waals surface area contributed by atoms with E-state index in [2.05, 4.69) is 0 Å². The molecule has 0 fully saturated rings. The van der Waals surface area contributed by atoms with E-state index in [1.807, 2.05) is 31.2 Å². The van der Waals surface area contributed by atoms with Crippen LogP contribution in [0.25, 0.3) is 11.1 Å². The van der Waals surface area contributed by atoms with Crippen LogP contribution in [-0.2, 0) is 6.54 Å². The zero-order valence-corrected chi connectivity index (χ0v) is 10.6. The highest BCUT2D eigenvalue weighted by molar-refractivity contribution is 5.85. The van der Waals surface area contributed by atoms with Crippen molar-refractivity contribution >= 4 is 16.8 Å². The molecular formula is C15H14N2O2. The molecule has 1 heterocycles. The Balaban J connectivity index is 2.15. The molecule has 0 bridgehead atoms. The molecule has 0 radical (unpaired) electrons. The van der Waals surface area contributed by atoms with Crippen molar-refractivity contribution in [2.24, 2.45) is 0 Å². The number of aryl methyl sites for hydroxylation is 1. The summed E-state index contributed by atoms with van der Waals surface area (Å²) >= 11 is 0. The van der Waals surface area contributed by atoms with E-state index in [1.165, 1.54) is 0 Å². The van der Waals surface area contributed by atoms with Gasteiger partial charge in [-0.2, -0.15) is 0 Å². The first-order valence-corrected chi connectivity index (χ1v) is 6.08. The number of hydrogen-bond donors (Lipinski definition) is 1. The van der Waals surface area contributed by atoms with E-state index in [9.17, 15) is 4.79 Å². The molecule has 2 aromatic carbocycles. The number of fused-ring (bicyclic) bond motifs is 1. The highest BCUT2D eigenvalue weighted by atomic mass is 16.4. The molecule has 0 aliphatic rings. The Morgan fingerprint density at radius 3 is 2.79 bits per heavy atom. The zero-order chi connectivity index (χ0) is 13.4. The number of nitrogens with zero attached hydrogens (tertiary/aromatic N) is 1. The number of benzene rings is 2. The van der Waals surface area contributed by atoms with E-state index >= 15 is 0 Å². The molecule has 0 amide bonds. The summed E-state index contributed by atoms with van der Waals surface area (Å²) in [4.78, 5) is 11.9. The molecule has 2 N–H and O–H groups in total. The molecule has 1 aromatic heterocycles. The van der Waals surface area contributed by atoms with Crippen LogP contribution >= 0.6 is 0 Å². The Hall–Kier alpha value is -2.49. The molecule has 0 saturated heterocycles. The van der Waals surface area contributed by atoms with E-state index in [0.717, 1.165) is 11.1 Å². The molecule has 3 rings (SSSR count). The second-order valence-corrected chi connectivity index (χ2v) is 4.64. The first kappa shape index (κ1) is 11.6. The standard InChI is InChI=1S/C15H14N2O2/c1-10-4-2-5-11(8-10)9-17-14-12(16)6-3-7-13(14)19-15(17)18/h2-8H,9,16H2,1H3. The number of hydrogen-bond acceptors (Lipinski definition) is 3. The van der Waals surface area contributed by atoms with Crippen LogP contribution in [0.3, 0.4) is 0 Å². The van der Waals surface area contributed by atoms with Crippen LogP contribution in [0.15, 0.2) is 51.7 Å². The number of anilines is 1. The normalized spacial score (nSPS) is 11.0. The lowest BCUT2D eigenvalue weighted by Crippen LogP contribution is -2.15. The van der Waals surface area contributed by atoms with Crippen LogP contribution in [0, 0.1) is 6.92 Å². The van der Waals surface area contributed by atoms with Gasteiger partial charge < -0.3 is 10.2 Å². The maximum Gasteiger partial charge on any atom is 0.420 e. The smallest absolute Gasteiger partial charge is 0.408 e. The summed E-state index contributed by atoms with van der Waals surface area (Å²) in [6.45, 7) is 2.48. The number of nitrogen functional groups attached to an aromatic ring is 1. The van der Waals surface area contributed by atoms with Crippen molar-refractivity contribution in [1.82, 2.24) is 4.57 Å². The average molecular weight is 254 g/mol. The number of nitrogens with two attached hydrogens (primary N) is 1. The van der Waals surface area contributed by atoms with Gasteiger partial charge in [-0.05, 0) is 24.6 Å². The van der Waals surface area contributed by atoms with Crippen LogP contribution in [0.4, 0.5) is 5.69 Å².